The Bertz CT molecular complexity index is 403. The van der Waals surface area contributed by atoms with Crippen LogP contribution < -0.4 is 5.32 Å². The molecule has 2 N–H and O–H groups in total. The zero-order valence-corrected chi connectivity index (χ0v) is 10.2. The molecule has 0 aliphatic carbocycles. The normalized spacial score (nSPS) is 12.1. The number of benzene rings is 1. The number of carboxylic acid groups (broad SMARTS) is 1. The third kappa shape index (κ3) is 4.17. The summed E-state index contributed by atoms with van der Waals surface area (Å²) >= 11 is 5.72. The van der Waals surface area contributed by atoms with Crippen molar-refractivity contribution in [3.05, 3.63) is 34.9 Å². The predicted molar refractivity (Wildman–Crippen MR) is 65.5 cm³/mol. The Morgan fingerprint density at radius 1 is 1.35 bits per heavy atom. The molecule has 17 heavy (non-hydrogen) atoms. The molecule has 0 bridgehead atoms. The summed E-state index contributed by atoms with van der Waals surface area (Å²) in [6, 6.07) is 5.71. The molecule has 0 saturated heterocycles. The van der Waals surface area contributed by atoms with Crippen molar-refractivity contribution in [1.82, 2.24) is 5.32 Å². The standard InChI is InChI=1S/C12H14ClNO3/c1-2-14-10(7-11(15)16)12(17)8-3-5-9(13)6-4-8/h3-6,10,14H,2,7H2,1H3,(H,15,16). The number of carbonyl (C=O) groups is 2. The molecule has 0 aliphatic rings. The monoisotopic (exact) mass is 255 g/mol. The third-order valence-corrected chi connectivity index (χ3v) is 2.53. The van der Waals surface area contributed by atoms with Crippen LogP contribution in [0.2, 0.25) is 5.02 Å². The van der Waals surface area contributed by atoms with Gasteiger partial charge >= 0.3 is 5.97 Å². The number of hydrogen-bond donors (Lipinski definition) is 2. The van der Waals surface area contributed by atoms with E-state index in [0.717, 1.165) is 0 Å². The molecular formula is C12H14ClNO3. The van der Waals surface area contributed by atoms with Crippen LogP contribution in [0.1, 0.15) is 23.7 Å². The Morgan fingerprint density at radius 3 is 2.41 bits per heavy atom. The smallest absolute Gasteiger partial charge is 0.305 e. The summed E-state index contributed by atoms with van der Waals surface area (Å²) in [6.07, 6.45) is -0.227. The van der Waals surface area contributed by atoms with Crippen LogP contribution in [0.25, 0.3) is 0 Å². The van der Waals surface area contributed by atoms with Crippen molar-refractivity contribution in [2.45, 2.75) is 19.4 Å². The number of aliphatic carboxylic acids is 1. The van der Waals surface area contributed by atoms with Crippen molar-refractivity contribution in [2.75, 3.05) is 6.54 Å². The van der Waals surface area contributed by atoms with E-state index in [1.165, 1.54) is 0 Å². The molecule has 0 aliphatic heterocycles. The lowest BCUT2D eigenvalue weighted by Gasteiger charge is -2.14. The summed E-state index contributed by atoms with van der Waals surface area (Å²) in [4.78, 5) is 22.7. The minimum atomic E-state index is -1.00. The number of rotatable bonds is 6. The Labute approximate surface area is 105 Å². The zero-order valence-electron chi connectivity index (χ0n) is 9.44. The molecule has 0 radical (unpaired) electrons. The number of carbonyl (C=O) groups excluding carboxylic acids is 1. The van der Waals surface area contributed by atoms with Gasteiger partial charge in [0.1, 0.15) is 0 Å². The van der Waals surface area contributed by atoms with Crippen LogP contribution in [0.3, 0.4) is 0 Å². The molecule has 1 atom stereocenters. The molecule has 1 aromatic carbocycles. The molecule has 4 nitrogen and oxygen atoms in total. The van der Waals surface area contributed by atoms with Gasteiger partial charge in [-0.2, -0.15) is 0 Å². The first-order valence-electron chi connectivity index (χ1n) is 5.29. The van der Waals surface area contributed by atoms with Crippen LogP contribution >= 0.6 is 11.6 Å². The zero-order chi connectivity index (χ0) is 12.8. The van der Waals surface area contributed by atoms with Gasteiger partial charge in [0.25, 0.3) is 0 Å². The Kier molecular flexibility index (Phi) is 5.12. The van der Waals surface area contributed by atoms with E-state index < -0.39 is 12.0 Å². The second-order valence-corrected chi connectivity index (χ2v) is 4.02. The number of likely N-dealkylation sites (N-methyl/N-ethyl adjacent to an activating group) is 1. The van der Waals surface area contributed by atoms with Crippen LogP contribution in [0.4, 0.5) is 0 Å². The van der Waals surface area contributed by atoms with E-state index in [4.69, 9.17) is 16.7 Å². The molecule has 1 rings (SSSR count). The topological polar surface area (TPSA) is 66.4 Å². The van der Waals surface area contributed by atoms with Gasteiger partial charge < -0.3 is 10.4 Å². The average Bonchev–Trinajstić information content (AvgIpc) is 2.28. The van der Waals surface area contributed by atoms with Gasteiger partial charge in [-0.25, -0.2) is 0 Å². The van der Waals surface area contributed by atoms with Gasteiger partial charge in [0, 0.05) is 10.6 Å². The first kappa shape index (κ1) is 13.7. The maximum absolute atomic E-state index is 12.0. The highest BCUT2D eigenvalue weighted by Crippen LogP contribution is 2.12. The number of carboxylic acids is 1. The molecule has 0 amide bonds. The van der Waals surface area contributed by atoms with Crippen molar-refractivity contribution in [2.24, 2.45) is 0 Å². The highest BCUT2D eigenvalue weighted by molar-refractivity contribution is 6.30. The maximum atomic E-state index is 12.0. The summed E-state index contributed by atoms with van der Waals surface area (Å²) in [6.45, 7) is 2.36. The van der Waals surface area contributed by atoms with Crippen molar-refractivity contribution in [3.8, 4) is 0 Å². The minimum Gasteiger partial charge on any atom is -0.481 e. The molecule has 0 saturated carbocycles. The van der Waals surface area contributed by atoms with E-state index in [0.29, 0.717) is 17.1 Å². The highest BCUT2D eigenvalue weighted by Gasteiger charge is 2.21. The second-order valence-electron chi connectivity index (χ2n) is 3.58. The lowest BCUT2D eigenvalue weighted by molar-refractivity contribution is -0.137. The molecule has 92 valence electrons. The van der Waals surface area contributed by atoms with E-state index >= 15 is 0 Å². The van der Waals surface area contributed by atoms with Crippen LogP contribution in [-0.2, 0) is 4.79 Å². The first-order valence-corrected chi connectivity index (χ1v) is 5.67. The van der Waals surface area contributed by atoms with E-state index in [-0.39, 0.29) is 12.2 Å². The largest absolute Gasteiger partial charge is 0.481 e. The van der Waals surface area contributed by atoms with Crippen molar-refractivity contribution >= 4 is 23.4 Å². The molecule has 0 aromatic heterocycles. The minimum absolute atomic E-state index is 0.227. The second kappa shape index (κ2) is 6.37. The third-order valence-electron chi connectivity index (χ3n) is 2.27. The van der Waals surface area contributed by atoms with Gasteiger partial charge in [0.15, 0.2) is 5.78 Å². The lowest BCUT2D eigenvalue weighted by atomic mass is 10.0. The fourth-order valence-corrected chi connectivity index (χ4v) is 1.62. The van der Waals surface area contributed by atoms with Crippen molar-refractivity contribution in [3.63, 3.8) is 0 Å². The Morgan fingerprint density at radius 2 is 1.94 bits per heavy atom. The van der Waals surface area contributed by atoms with E-state index in [1.54, 1.807) is 24.3 Å². The summed E-state index contributed by atoms with van der Waals surface area (Å²) in [7, 11) is 0. The Balaban J connectivity index is 2.83. The summed E-state index contributed by atoms with van der Waals surface area (Å²) < 4.78 is 0. The number of halogens is 1. The number of ketones is 1. The molecule has 0 spiro atoms. The summed E-state index contributed by atoms with van der Waals surface area (Å²) in [5.41, 5.74) is 0.460. The van der Waals surface area contributed by atoms with Crippen LogP contribution in [0.5, 0.6) is 0 Å². The predicted octanol–water partition coefficient (Wildman–Crippen LogP) is 1.98. The van der Waals surface area contributed by atoms with Gasteiger partial charge in [-0.1, -0.05) is 18.5 Å². The molecule has 1 aromatic rings. The molecule has 0 fully saturated rings. The van der Waals surface area contributed by atoms with Gasteiger partial charge in [-0.05, 0) is 30.8 Å². The fraction of sp³-hybridized carbons (Fsp3) is 0.333. The van der Waals surface area contributed by atoms with Crippen molar-refractivity contribution in [1.29, 1.82) is 0 Å². The highest BCUT2D eigenvalue weighted by atomic mass is 35.5. The van der Waals surface area contributed by atoms with Crippen LogP contribution in [0.15, 0.2) is 24.3 Å². The maximum Gasteiger partial charge on any atom is 0.305 e. The van der Waals surface area contributed by atoms with Gasteiger partial charge in [-0.3, -0.25) is 9.59 Å². The average molecular weight is 256 g/mol. The van der Waals surface area contributed by atoms with Gasteiger partial charge in [0.05, 0.1) is 12.5 Å². The molecule has 0 heterocycles. The fourth-order valence-electron chi connectivity index (χ4n) is 1.49. The Hall–Kier alpha value is -1.39. The first-order chi connectivity index (χ1) is 8.04. The number of hydrogen-bond acceptors (Lipinski definition) is 3. The molecule has 5 heteroatoms. The van der Waals surface area contributed by atoms with Crippen molar-refractivity contribution < 1.29 is 14.7 Å². The number of Topliss-reactive ketones (excluding diaryl/α,β-unsaturated/α-hetero) is 1. The lowest BCUT2D eigenvalue weighted by Crippen LogP contribution is -2.38. The van der Waals surface area contributed by atoms with E-state index in [2.05, 4.69) is 5.32 Å². The van der Waals surface area contributed by atoms with Crippen LogP contribution in [-0.4, -0.2) is 29.4 Å². The van der Waals surface area contributed by atoms with Gasteiger partial charge in [0.2, 0.25) is 0 Å². The van der Waals surface area contributed by atoms with Crippen LogP contribution in [0, 0.1) is 0 Å². The number of nitrogens with one attached hydrogen (secondary N) is 1. The van der Waals surface area contributed by atoms with E-state index in [9.17, 15) is 9.59 Å². The summed E-state index contributed by atoms with van der Waals surface area (Å²) in [5.74, 6) is -1.23. The van der Waals surface area contributed by atoms with E-state index in [1.807, 2.05) is 6.92 Å². The molecule has 1 unspecified atom stereocenters. The van der Waals surface area contributed by atoms with Gasteiger partial charge in [-0.15, -0.1) is 0 Å². The molecular weight excluding hydrogens is 242 g/mol. The summed E-state index contributed by atoms with van der Waals surface area (Å²) in [5, 5.41) is 12.1. The quantitative estimate of drug-likeness (QED) is 0.763. The SMILES string of the molecule is CCNC(CC(=O)O)C(=O)c1ccc(Cl)cc1.